The molecule has 53 heavy (non-hydrogen) atoms. The first-order valence-corrected chi connectivity index (χ1v) is 18.5. The summed E-state index contributed by atoms with van der Waals surface area (Å²) in [6, 6.07) is 67.3. The molecule has 0 unspecified atom stereocenters. The van der Waals surface area contributed by atoms with E-state index in [2.05, 4.69) is 205 Å². The first kappa shape index (κ1) is 30.0. The Morgan fingerprint density at radius 2 is 0.811 bits per heavy atom. The molecule has 0 bridgehead atoms. The summed E-state index contributed by atoms with van der Waals surface area (Å²) >= 11 is 0. The number of para-hydroxylation sites is 4. The fraction of sp³-hybridized carbons (Fsp3) is 0.0588. The Bertz CT molecular complexity index is 3030. The van der Waals surface area contributed by atoms with Crippen LogP contribution in [0.25, 0.3) is 88.4 Å². The van der Waals surface area contributed by atoms with Gasteiger partial charge in [0.25, 0.3) is 0 Å². The van der Waals surface area contributed by atoms with Crippen LogP contribution in [0, 0.1) is 0 Å². The maximum Gasteiger partial charge on any atom is 0.0541 e. The van der Waals surface area contributed by atoms with Crippen molar-refractivity contribution in [1.29, 1.82) is 0 Å². The molecule has 10 aromatic rings. The molecule has 0 fully saturated rings. The van der Waals surface area contributed by atoms with Gasteiger partial charge < -0.3 is 9.13 Å². The van der Waals surface area contributed by atoms with Crippen LogP contribution in [0.5, 0.6) is 0 Å². The van der Waals surface area contributed by atoms with Crippen LogP contribution in [-0.4, -0.2) is 9.13 Å². The molecule has 0 saturated carbocycles. The van der Waals surface area contributed by atoms with Crippen molar-refractivity contribution in [2.75, 3.05) is 0 Å². The van der Waals surface area contributed by atoms with Crippen molar-refractivity contribution in [3.05, 3.63) is 193 Å². The van der Waals surface area contributed by atoms with Gasteiger partial charge in [-0.15, -0.1) is 0 Å². The van der Waals surface area contributed by atoms with Crippen LogP contribution in [0.1, 0.15) is 25.0 Å². The highest BCUT2D eigenvalue weighted by molar-refractivity contribution is 6.11. The summed E-state index contributed by atoms with van der Waals surface area (Å²) < 4.78 is 4.83. The predicted molar refractivity (Wildman–Crippen MR) is 224 cm³/mol. The maximum absolute atomic E-state index is 2.45. The highest BCUT2D eigenvalue weighted by Gasteiger charge is 2.35. The van der Waals surface area contributed by atoms with Gasteiger partial charge in [0, 0.05) is 38.3 Å². The van der Waals surface area contributed by atoms with Gasteiger partial charge in [-0.05, 0) is 111 Å². The van der Waals surface area contributed by atoms with Crippen molar-refractivity contribution in [2.24, 2.45) is 0 Å². The largest absolute Gasteiger partial charge is 0.309 e. The molecule has 250 valence electrons. The molecule has 0 saturated heterocycles. The van der Waals surface area contributed by atoms with Crippen molar-refractivity contribution < 1.29 is 0 Å². The van der Waals surface area contributed by atoms with Gasteiger partial charge in [-0.1, -0.05) is 129 Å². The third-order valence-electron chi connectivity index (χ3n) is 11.7. The molecule has 8 aromatic carbocycles. The highest BCUT2D eigenvalue weighted by Crippen LogP contribution is 2.50. The van der Waals surface area contributed by atoms with Crippen LogP contribution in [0.3, 0.4) is 0 Å². The van der Waals surface area contributed by atoms with E-state index in [1.54, 1.807) is 0 Å². The van der Waals surface area contributed by atoms with Crippen LogP contribution in [-0.2, 0) is 5.41 Å². The Morgan fingerprint density at radius 1 is 0.321 bits per heavy atom. The minimum atomic E-state index is -0.0330. The number of hydrogen-bond acceptors (Lipinski definition) is 0. The molecule has 0 aliphatic heterocycles. The van der Waals surface area contributed by atoms with Crippen molar-refractivity contribution in [3.8, 4) is 44.8 Å². The second-order valence-corrected chi connectivity index (χ2v) is 15.0. The Kier molecular flexibility index (Phi) is 6.33. The van der Waals surface area contributed by atoms with E-state index in [-0.39, 0.29) is 5.41 Å². The van der Waals surface area contributed by atoms with Crippen molar-refractivity contribution in [1.82, 2.24) is 9.13 Å². The number of aromatic nitrogens is 2. The summed E-state index contributed by atoms with van der Waals surface area (Å²) in [5, 5.41) is 5.04. The molecule has 0 spiro atoms. The predicted octanol–water partition coefficient (Wildman–Crippen LogP) is 13.5. The van der Waals surface area contributed by atoms with Crippen molar-refractivity contribution in [2.45, 2.75) is 19.3 Å². The van der Waals surface area contributed by atoms with Gasteiger partial charge in [-0.3, -0.25) is 0 Å². The van der Waals surface area contributed by atoms with Gasteiger partial charge in [0.05, 0.1) is 22.1 Å². The standard InChI is InChI=1S/C51H36N2/c1-51(2)45-20-10-6-16-39(45)43-31-33(24-26-46(43)51)35-28-36(30-38(29-35)53-47-21-11-7-17-40(47)41-18-8-12-22-48(41)53)34-25-27-50-44(32-34)42-19-9-13-23-49(42)52(50)37-14-4-3-5-15-37/h3-32H,1-2H3. The van der Waals surface area contributed by atoms with E-state index in [4.69, 9.17) is 0 Å². The summed E-state index contributed by atoms with van der Waals surface area (Å²) in [7, 11) is 0. The lowest BCUT2D eigenvalue weighted by atomic mass is 9.82. The third kappa shape index (κ3) is 4.39. The SMILES string of the molecule is CC1(C)c2ccccc2-c2cc(-c3cc(-c4ccc5c(c4)c4ccccc4n5-c4ccccc4)cc(-n4c5ccccc5c5ccccc54)c3)ccc21. The topological polar surface area (TPSA) is 9.86 Å². The van der Waals surface area contributed by atoms with Gasteiger partial charge in [0.15, 0.2) is 0 Å². The summed E-state index contributed by atoms with van der Waals surface area (Å²) in [5.41, 5.74) is 17.4. The molecule has 1 aliphatic rings. The van der Waals surface area contributed by atoms with Gasteiger partial charge in [-0.25, -0.2) is 0 Å². The van der Waals surface area contributed by atoms with Crippen molar-refractivity contribution >= 4 is 43.6 Å². The molecular formula is C51H36N2. The monoisotopic (exact) mass is 676 g/mol. The second kappa shape index (κ2) is 11.2. The molecule has 1 aliphatic carbocycles. The molecule has 2 heteroatoms. The highest BCUT2D eigenvalue weighted by atomic mass is 15.0. The Morgan fingerprint density at radius 3 is 1.49 bits per heavy atom. The van der Waals surface area contributed by atoms with Crippen LogP contribution in [0.4, 0.5) is 0 Å². The van der Waals surface area contributed by atoms with E-state index < -0.39 is 0 Å². The van der Waals surface area contributed by atoms with Crippen LogP contribution in [0.15, 0.2) is 182 Å². The molecule has 2 nitrogen and oxygen atoms in total. The smallest absolute Gasteiger partial charge is 0.0541 e. The molecule has 0 atom stereocenters. The Balaban J connectivity index is 1.17. The average molecular weight is 677 g/mol. The minimum Gasteiger partial charge on any atom is -0.309 e. The minimum absolute atomic E-state index is 0.0330. The Hall–Kier alpha value is -6.64. The van der Waals surface area contributed by atoms with Gasteiger partial charge in [-0.2, -0.15) is 0 Å². The first-order chi connectivity index (χ1) is 26.0. The summed E-state index contributed by atoms with van der Waals surface area (Å²) in [6.07, 6.45) is 0. The zero-order valence-electron chi connectivity index (χ0n) is 29.7. The normalized spacial score (nSPS) is 13.2. The van der Waals surface area contributed by atoms with E-state index in [1.165, 1.54) is 93.8 Å². The summed E-state index contributed by atoms with van der Waals surface area (Å²) in [5.74, 6) is 0. The first-order valence-electron chi connectivity index (χ1n) is 18.5. The lowest BCUT2D eigenvalue weighted by Crippen LogP contribution is -2.14. The molecule has 0 N–H and O–H groups in total. The quantitative estimate of drug-likeness (QED) is 0.176. The molecule has 11 rings (SSSR count). The zero-order chi connectivity index (χ0) is 35.3. The van der Waals surface area contributed by atoms with Crippen LogP contribution < -0.4 is 0 Å². The molecule has 2 aromatic heterocycles. The lowest BCUT2D eigenvalue weighted by Gasteiger charge is -2.21. The van der Waals surface area contributed by atoms with Gasteiger partial charge >= 0.3 is 0 Å². The molecular weight excluding hydrogens is 641 g/mol. The number of hydrogen-bond donors (Lipinski definition) is 0. The molecule has 2 heterocycles. The molecule has 0 amide bonds. The van der Waals surface area contributed by atoms with Gasteiger partial charge in [0.2, 0.25) is 0 Å². The van der Waals surface area contributed by atoms with E-state index in [0.29, 0.717) is 0 Å². The lowest BCUT2D eigenvalue weighted by molar-refractivity contribution is 0.660. The summed E-state index contributed by atoms with van der Waals surface area (Å²) in [4.78, 5) is 0. The van der Waals surface area contributed by atoms with Crippen LogP contribution >= 0.6 is 0 Å². The van der Waals surface area contributed by atoms with E-state index in [1.807, 2.05) is 0 Å². The third-order valence-corrected chi connectivity index (χ3v) is 11.7. The number of rotatable bonds is 4. The van der Waals surface area contributed by atoms with Gasteiger partial charge in [0.1, 0.15) is 0 Å². The van der Waals surface area contributed by atoms with E-state index in [9.17, 15) is 0 Å². The van der Waals surface area contributed by atoms with E-state index in [0.717, 1.165) is 5.69 Å². The average Bonchev–Trinajstić information content (AvgIpc) is 3.81. The van der Waals surface area contributed by atoms with Crippen LogP contribution in [0.2, 0.25) is 0 Å². The number of fused-ring (bicyclic) bond motifs is 9. The second-order valence-electron chi connectivity index (χ2n) is 15.0. The molecule has 0 radical (unpaired) electrons. The summed E-state index contributed by atoms with van der Waals surface area (Å²) in [6.45, 7) is 4.70. The van der Waals surface area contributed by atoms with Crippen molar-refractivity contribution in [3.63, 3.8) is 0 Å². The van der Waals surface area contributed by atoms with E-state index >= 15 is 0 Å². The Labute approximate surface area is 308 Å². The fourth-order valence-electron chi connectivity index (χ4n) is 9.18. The number of benzene rings is 8. The number of nitrogens with zero attached hydrogens (tertiary/aromatic N) is 2. The fourth-order valence-corrected chi connectivity index (χ4v) is 9.18. The zero-order valence-corrected chi connectivity index (χ0v) is 29.7. The maximum atomic E-state index is 2.45.